The van der Waals surface area contributed by atoms with Crippen LogP contribution in [0.1, 0.15) is 65.2 Å². The Bertz CT molecular complexity index is 291. The minimum absolute atomic E-state index is 0.202. The van der Waals surface area contributed by atoms with Gasteiger partial charge in [-0.05, 0) is 36.7 Å². The summed E-state index contributed by atoms with van der Waals surface area (Å²) in [5, 5.41) is 0. The molecular weight excluding hydrogens is 196 g/mol. The maximum Gasteiger partial charge on any atom is 0.156 e. The zero-order chi connectivity index (χ0) is 11.6. The Morgan fingerprint density at radius 3 is 2.25 bits per heavy atom. The minimum atomic E-state index is 0.202. The average molecular weight is 220 g/mol. The molecule has 0 spiro atoms. The summed E-state index contributed by atoms with van der Waals surface area (Å²) in [7, 11) is 0. The molecule has 2 rings (SSSR count). The molecular formula is C15H24O. The first-order chi connectivity index (χ1) is 7.57. The smallest absolute Gasteiger partial charge is 0.156 e. The van der Waals surface area contributed by atoms with E-state index >= 15 is 0 Å². The molecule has 0 atom stereocenters. The minimum Gasteiger partial charge on any atom is -0.295 e. The van der Waals surface area contributed by atoms with Crippen molar-refractivity contribution in [1.29, 1.82) is 0 Å². The highest BCUT2D eigenvalue weighted by atomic mass is 16.1. The average Bonchev–Trinajstić information content (AvgIpc) is 2.42. The zero-order valence-electron chi connectivity index (χ0n) is 10.7. The second-order valence-corrected chi connectivity index (χ2v) is 6.39. The van der Waals surface area contributed by atoms with Crippen LogP contribution in [0, 0.1) is 11.3 Å². The van der Waals surface area contributed by atoms with Crippen molar-refractivity contribution in [3.63, 3.8) is 0 Å². The number of carbonyl (C=O) groups is 1. The van der Waals surface area contributed by atoms with E-state index in [1.54, 1.807) is 0 Å². The van der Waals surface area contributed by atoms with Crippen molar-refractivity contribution in [2.45, 2.75) is 65.2 Å². The van der Waals surface area contributed by atoms with Gasteiger partial charge in [0.2, 0.25) is 0 Å². The fourth-order valence-electron chi connectivity index (χ4n) is 3.31. The molecule has 0 aromatic carbocycles. The van der Waals surface area contributed by atoms with Crippen LogP contribution in [0.5, 0.6) is 0 Å². The molecule has 0 N–H and O–H groups in total. The van der Waals surface area contributed by atoms with Gasteiger partial charge >= 0.3 is 0 Å². The number of allylic oxidation sites excluding steroid dienone is 2. The third kappa shape index (κ3) is 2.96. The molecule has 1 fully saturated rings. The van der Waals surface area contributed by atoms with Crippen molar-refractivity contribution in [2.24, 2.45) is 11.3 Å². The molecule has 0 radical (unpaired) electrons. The maximum atomic E-state index is 11.7. The predicted molar refractivity (Wildman–Crippen MR) is 67.3 cm³/mol. The Morgan fingerprint density at radius 1 is 1.06 bits per heavy atom. The van der Waals surface area contributed by atoms with E-state index in [1.165, 1.54) is 44.1 Å². The van der Waals surface area contributed by atoms with E-state index < -0.39 is 0 Å². The fourth-order valence-corrected chi connectivity index (χ4v) is 3.31. The summed E-state index contributed by atoms with van der Waals surface area (Å²) in [6, 6.07) is 0. The maximum absolute atomic E-state index is 11.7. The second-order valence-electron chi connectivity index (χ2n) is 6.39. The lowest BCUT2D eigenvalue weighted by molar-refractivity contribution is -0.117. The van der Waals surface area contributed by atoms with Crippen LogP contribution in [-0.4, -0.2) is 5.78 Å². The molecule has 2 aliphatic rings. The molecule has 0 aromatic heterocycles. The lowest BCUT2D eigenvalue weighted by Crippen LogP contribution is -2.24. The van der Waals surface area contributed by atoms with Crippen LogP contribution >= 0.6 is 0 Å². The van der Waals surface area contributed by atoms with Gasteiger partial charge in [0.25, 0.3) is 0 Å². The van der Waals surface area contributed by atoms with Gasteiger partial charge in [-0.15, -0.1) is 0 Å². The van der Waals surface area contributed by atoms with Crippen LogP contribution in [-0.2, 0) is 4.79 Å². The van der Waals surface area contributed by atoms with Crippen LogP contribution in [0.2, 0.25) is 0 Å². The van der Waals surface area contributed by atoms with Crippen molar-refractivity contribution in [2.75, 3.05) is 0 Å². The molecule has 0 aliphatic heterocycles. The predicted octanol–water partition coefficient (Wildman–Crippen LogP) is 4.27. The molecule has 16 heavy (non-hydrogen) atoms. The van der Waals surface area contributed by atoms with Gasteiger partial charge in [0, 0.05) is 6.42 Å². The van der Waals surface area contributed by atoms with E-state index in [2.05, 4.69) is 13.8 Å². The molecule has 0 unspecified atom stereocenters. The molecule has 1 nitrogen and oxygen atoms in total. The van der Waals surface area contributed by atoms with E-state index in [1.807, 2.05) is 6.08 Å². The van der Waals surface area contributed by atoms with Crippen LogP contribution in [0.3, 0.4) is 0 Å². The lowest BCUT2D eigenvalue weighted by atomic mass is 9.72. The molecule has 0 heterocycles. The summed E-state index contributed by atoms with van der Waals surface area (Å²) in [4.78, 5) is 11.7. The topological polar surface area (TPSA) is 17.1 Å². The second kappa shape index (κ2) is 4.73. The lowest BCUT2D eigenvalue weighted by Gasteiger charge is -2.32. The number of rotatable bonds is 1. The first-order valence-corrected chi connectivity index (χ1v) is 6.80. The van der Waals surface area contributed by atoms with Gasteiger partial charge in [-0.1, -0.05) is 45.1 Å². The summed E-state index contributed by atoms with van der Waals surface area (Å²) >= 11 is 0. The summed E-state index contributed by atoms with van der Waals surface area (Å²) in [6.07, 6.45) is 12.0. The highest BCUT2D eigenvalue weighted by Gasteiger charge is 2.30. The van der Waals surface area contributed by atoms with E-state index in [0.29, 0.717) is 11.7 Å². The Balaban J connectivity index is 2.09. The monoisotopic (exact) mass is 220 g/mol. The summed E-state index contributed by atoms with van der Waals surface area (Å²) in [6.45, 7) is 4.46. The van der Waals surface area contributed by atoms with E-state index in [-0.39, 0.29) is 5.41 Å². The number of hydrogen-bond acceptors (Lipinski definition) is 1. The summed E-state index contributed by atoms with van der Waals surface area (Å²) in [5.74, 6) is 1.07. The normalized spacial score (nSPS) is 27.4. The Hall–Kier alpha value is -0.590. The third-order valence-corrected chi connectivity index (χ3v) is 4.06. The molecule has 0 bridgehead atoms. The first kappa shape index (κ1) is 11.9. The van der Waals surface area contributed by atoms with Crippen LogP contribution in [0.4, 0.5) is 0 Å². The Labute approximate surface area is 99.3 Å². The summed E-state index contributed by atoms with van der Waals surface area (Å²) < 4.78 is 0. The van der Waals surface area contributed by atoms with Crippen molar-refractivity contribution in [3.8, 4) is 0 Å². The van der Waals surface area contributed by atoms with Crippen LogP contribution in [0.25, 0.3) is 0 Å². The SMILES string of the molecule is CC1(C)CC(=O)C=C(C2CCCCCC2)C1. The van der Waals surface area contributed by atoms with Crippen molar-refractivity contribution in [3.05, 3.63) is 11.6 Å². The Kier molecular flexibility index (Phi) is 3.51. The van der Waals surface area contributed by atoms with E-state index in [9.17, 15) is 4.79 Å². The largest absolute Gasteiger partial charge is 0.295 e. The van der Waals surface area contributed by atoms with Crippen LogP contribution < -0.4 is 0 Å². The van der Waals surface area contributed by atoms with Gasteiger partial charge in [-0.2, -0.15) is 0 Å². The van der Waals surface area contributed by atoms with Crippen molar-refractivity contribution in [1.82, 2.24) is 0 Å². The molecule has 1 saturated carbocycles. The van der Waals surface area contributed by atoms with Gasteiger partial charge in [0.1, 0.15) is 0 Å². The van der Waals surface area contributed by atoms with Gasteiger partial charge in [-0.3, -0.25) is 4.79 Å². The molecule has 0 amide bonds. The number of ketones is 1. The molecule has 0 aromatic rings. The molecule has 0 saturated heterocycles. The van der Waals surface area contributed by atoms with E-state index in [0.717, 1.165) is 12.8 Å². The standard InChI is InChI=1S/C15H24O/c1-15(2)10-13(9-14(16)11-15)12-7-5-3-4-6-8-12/h9,12H,3-8,10-11H2,1-2H3. The van der Waals surface area contributed by atoms with Gasteiger partial charge in [0.05, 0.1) is 0 Å². The summed E-state index contributed by atoms with van der Waals surface area (Å²) in [5.41, 5.74) is 1.66. The highest BCUT2D eigenvalue weighted by Crippen LogP contribution is 2.40. The third-order valence-electron chi connectivity index (χ3n) is 4.06. The van der Waals surface area contributed by atoms with Crippen LogP contribution in [0.15, 0.2) is 11.6 Å². The molecule has 2 aliphatic carbocycles. The zero-order valence-corrected chi connectivity index (χ0v) is 10.7. The van der Waals surface area contributed by atoms with Gasteiger partial charge < -0.3 is 0 Å². The number of hydrogen-bond donors (Lipinski definition) is 0. The molecule has 90 valence electrons. The molecule has 1 heteroatoms. The van der Waals surface area contributed by atoms with Gasteiger partial charge in [-0.25, -0.2) is 0 Å². The first-order valence-electron chi connectivity index (χ1n) is 6.80. The quantitative estimate of drug-likeness (QED) is 0.603. The van der Waals surface area contributed by atoms with E-state index in [4.69, 9.17) is 0 Å². The number of carbonyl (C=O) groups excluding carboxylic acids is 1. The fraction of sp³-hybridized carbons (Fsp3) is 0.800. The Morgan fingerprint density at radius 2 is 1.69 bits per heavy atom. The van der Waals surface area contributed by atoms with Crippen molar-refractivity contribution >= 4 is 5.78 Å². The highest BCUT2D eigenvalue weighted by molar-refractivity contribution is 5.91. The van der Waals surface area contributed by atoms with Crippen molar-refractivity contribution < 1.29 is 4.79 Å². The van der Waals surface area contributed by atoms with Gasteiger partial charge in [0.15, 0.2) is 5.78 Å².